The highest BCUT2D eigenvalue weighted by molar-refractivity contribution is 9.10. The average molecular weight is 338 g/mol. The number of hydrogen-bond donors (Lipinski definition) is 3. The third-order valence-electron chi connectivity index (χ3n) is 2.75. The Morgan fingerprint density at radius 2 is 1.95 bits per heavy atom. The molecule has 0 spiro atoms. The summed E-state index contributed by atoms with van der Waals surface area (Å²) in [5.74, 6) is 4.44. The number of nitrogens with one attached hydrogen (secondary N) is 2. The fourth-order valence-electron chi connectivity index (χ4n) is 1.75. The maximum absolute atomic E-state index is 13.6. The van der Waals surface area contributed by atoms with Gasteiger partial charge in [-0.1, -0.05) is 27.6 Å². The summed E-state index contributed by atoms with van der Waals surface area (Å²) >= 11 is 3.23. The van der Waals surface area contributed by atoms with Crippen LogP contribution in [0, 0.1) is 12.7 Å². The number of benzene rings is 2. The van der Waals surface area contributed by atoms with Gasteiger partial charge in [0.05, 0.1) is 16.9 Å². The first-order chi connectivity index (χ1) is 9.51. The summed E-state index contributed by atoms with van der Waals surface area (Å²) in [4.78, 5) is 12.2. The van der Waals surface area contributed by atoms with Crippen LogP contribution in [0.15, 0.2) is 40.9 Å². The zero-order valence-electron chi connectivity index (χ0n) is 10.7. The van der Waals surface area contributed by atoms with Gasteiger partial charge in [0.1, 0.15) is 5.82 Å². The Bertz CT molecular complexity index is 661. The molecule has 104 valence electrons. The molecule has 0 aliphatic heterocycles. The van der Waals surface area contributed by atoms with Crippen molar-refractivity contribution >= 4 is 33.2 Å². The third kappa shape index (κ3) is 3.15. The molecule has 2 aromatic carbocycles. The minimum Gasteiger partial charge on any atom is -0.323 e. The van der Waals surface area contributed by atoms with Crippen molar-refractivity contribution < 1.29 is 9.18 Å². The first kappa shape index (κ1) is 14.5. The number of amides is 1. The van der Waals surface area contributed by atoms with E-state index in [1.807, 2.05) is 13.0 Å². The zero-order chi connectivity index (χ0) is 14.7. The molecule has 0 saturated carbocycles. The van der Waals surface area contributed by atoms with Gasteiger partial charge in [0.15, 0.2) is 0 Å². The molecule has 0 saturated heterocycles. The van der Waals surface area contributed by atoms with E-state index in [1.54, 1.807) is 18.2 Å². The number of nitrogen functional groups attached to an aromatic ring is 1. The largest absolute Gasteiger partial charge is 0.323 e. The van der Waals surface area contributed by atoms with E-state index in [0.29, 0.717) is 15.7 Å². The highest BCUT2D eigenvalue weighted by Gasteiger charge is 2.13. The highest BCUT2D eigenvalue weighted by atomic mass is 79.9. The quantitative estimate of drug-likeness (QED) is 0.593. The van der Waals surface area contributed by atoms with Gasteiger partial charge in [-0.05, 0) is 37.3 Å². The molecule has 0 atom stereocenters. The monoisotopic (exact) mass is 337 g/mol. The summed E-state index contributed by atoms with van der Waals surface area (Å²) in [7, 11) is 0. The lowest BCUT2D eigenvalue weighted by Crippen LogP contribution is -2.18. The molecule has 0 fully saturated rings. The molecular formula is C14H13BrFN3O. The predicted molar refractivity (Wildman–Crippen MR) is 81.0 cm³/mol. The van der Waals surface area contributed by atoms with E-state index >= 15 is 0 Å². The summed E-state index contributed by atoms with van der Waals surface area (Å²) in [5.41, 5.74) is 4.29. The van der Waals surface area contributed by atoms with E-state index < -0.39 is 11.7 Å². The molecule has 20 heavy (non-hydrogen) atoms. The van der Waals surface area contributed by atoms with Gasteiger partial charge in [-0.25, -0.2) is 4.39 Å². The lowest BCUT2D eigenvalue weighted by Gasteiger charge is -2.11. The first-order valence-electron chi connectivity index (χ1n) is 5.85. The molecule has 1 amide bonds. The topological polar surface area (TPSA) is 67.1 Å². The number of carbonyl (C=O) groups excluding carboxylic acids is 1. The maximum atomic E-state index is 13.6. The van der Waals surface area contributed by atoms with E-state index in [1.165, 1.54) is 12.1 Å². The number of aryl methyl sites for hydroxylation is 1. The Morgan fingerprint density at radius 1 is 1.20 bits per heavy atom. The molecule has 0 aliphatic rings. The van der Waals surface area contributed by atoms with Crippen molar-refractivity contribution in [2.24, 2.45) is 5.84 Å². The van der Waals surface area contributed by atoms with Crippen molar-refractivity contribution in [3.05, 3.63) is 57.8 Å². The SMILES string of the molecule is Cc1ccc(NN)c(C(=O)Nc2cc(Br)ccc2F)c1. The van der Waals surface area contributed by atoms with E-state index in [9.17, 15) is 9.18 Å². The van der Waals surface area contributed by atoms with Crippen molar-refractivity contribution in [1.82, 2.24) is 0 Å². The molecule has 2 aromatic rings. The summed E-state index contributed by atoms with van der Waals surface area (Å²) in [5, 5.41) is 2.53. The van der Waals surface area contributed by atoms with Gasteiger partial charge in [0, 0.05) is 4.47 Å². The minimum absolute atomic E-state index is 0.105. The molecule has 6 heteroatoms. The van der Waals surface area contributed by atoms with Crippen LogP contribution < -0.4 is 16.6 Å². The van der Waals surface area contributed by atoms with Crippen molar-refractivity contribution in [2.75, 3.05) is 10.7 Å². The van der Waals surface area contributed by atoms with Gasteiger partial charge < -0.3 is 10.7 Å². The van der Waals surface area contributed by atoms with Gasteiger partial charge in [0.2, 0.25) is 0 Å². The van der Waals surface area contributed by atoms with Crippen LogP contribution >= 0.6 is 15.9 Å². The van der Waals surface area contributed by atoms with Crippen LogP contribution in [0.4, 0.5) is 15.8 Å². The van der Waals surface area contributed by atoms with Crippen LogP contribution in [-0.4, -0.2) is 5.91 Å². The Balaban J connectivity index is 2.32. The molecule has 0 unspecified atom stereocenters. The van der Waals surface area contributed by atoms with Crippen LogP contribution in [0.3, 0.4) is 0 Å². The molecule has 0 aromatic heterocycles. The first-order valence-corrected chi connectivity index (χ1v) is 6.64. The number of halogens is 2. The Kier molecular flexibility index (Phi) is 4.36. The van der Waals surface area contributed by atoms with Gasteiger partial charge in [0.25, 0.3) is 5.91 Å². The van der Waals surface area contributed by atoms with Gasteiger partial charge in [-0.15, -0.1) is 0 Å². The van der Waals surface area contributed by atoms with Crippen LogP contribution in [0.5, 0.6) is 0 Å². The lowest BCUT2D eigenvalue weighted by atomic mass is 10.1. The molecule has 4 nitrogen and oxygen atoms in total. The number of hydrazine groups is 1. The average Bonchev–Trinajstić information content (AvgIpc) is 2.42. The van der Waals surface area contributed by atoms with Crippen LogP contribution in [-0.2, 0) is 0 Å². The lowest BCUT2D eigenvalue weighted by molar-refractivity contribution is 0.102. The van der Waals surface area contributed by atoms with E-state index in [0.717, 1.165) is 5.56 Å². The second-order valence-electron chi connectivity index (χ2n) is 4.27. The van der Waals surface area contributed by atoms with E-state index in [2.05, 4.69) is 26.7 Å². The van der Waals surface area contributed by atoms with Crippen molar-refractivity contribution in [3.63, 3.8) is 0 Å². The van der Waals surface area contributed by atoms with Gasteiger partial charge in [-0.2, -0.15) is 0 Å². The predicted octanol–water partition coefficient (Wildman–Crippen LogP) is 3.43. The van der Waals surface area contributed by atoms with Gasteiger partial charge >= 0.3 is 0 Å². The Hall–Kier alpha value is -1.92. The van der Waals surface area contributed by atoms with Crippen LogP contribution in [0.25, 0.3) is 0 Å². The standard InChI is InChI=1S/C14H13BrFN3O/c1-8-2-5-12(19-17)10(6-8)14(20)18-13-7-9(15)3-4-11(13)16/h2-7,19H,17H2,1H3,(H,18,20). The normalized spacial score (nSPS) is 10.2. The number of rotatable bonds is 3. The molecule has 0 heterocycles. The number of carbonyl (C=O) groups is 1. The molecule has 0 radical (unpaired) electrons. The van der Waals surface area contributed by atoms with Crippen molar-refractivity contribution in [3.8, 4) is 0 Å². The minimum atomic E-state index is -0.503. The Morgan fingerprint density at radius 3 is 2.65 bits per heavy atom. The zero-order valence-corrected chi connectivity index (χ0v) is 12.3. The molecular weight excluding hydrogens is 325 g/mol. The Labute approximate surface area is 124 Å². The fourth-order valence-corrected chi connectivity index (χ4v) is 2.12. The van der Waals surface area contributed by atoms with Crippen LogP contribution in [0.2, 0.25) is 0 Å². The van der Waals surface area contributed by atoms with E-state index in [4.69, 9.17) is 5.84 Å². The number of anilines is 2. The maximum Gasteiger partial charge on any atom is 0.257 e. The van der Waals surface area contributed by atoms with E-state index in [-0.39, 0.29) is 5.69 Å². The second kappa shape index (κ2) is 6.02. The molecule has 0 aliphatic carbocycles. The summed E-state index contributed by atoms with van der Waals surface area (Å²) < 4.78 is 14.3. The highest BCUT2D eigenvalue weighted by Crippen LogP contribution is 2.22. The molecule has 0 bridgehead atoms. The number of hydrogen-bond acceptors (Lipinski definition) is 3. The second-order valence-corrected chi connectivity index (χ2v) is 5.19. The number of nitrogens with two attached hydrogens (primary N) is 1. The summed E-state index contributed by atoms with van der Waals surface area (Å²) in [6.45, 7) is 1.86. The fraction of sp³-hybridized carbons (Fsp3) is 0.0714. The van der Waals surface area contributed by atoms with Gasteiger partial charge in [-0.3, -0.25) is 10.6 Å². The summed E-state index contributed by atoms with van der Waals surface area (Å²) in [6.07, 6.45) is 0. The summed E-state index contributed by atoms with van der Waals surface area (Å²) in [6, 6.07) is 9.54. The smallest absolute Gasteiger partial charge is 0.257 e. The van der Waals surface area contributed by atoms with Crippen molar-refractivity contribution in [2.45, 2.75) is 6.92 Å². The molecule has 2 rings (SSSR count). The third-order valence-corrected chi connectivity index (χ3v) is 3.25. The van der Waals surface area contributed by atoms with Crippen LogP contribution in [0.1, 0.15) is 15.9 Å². The molecule has 4 N–H and O–H groups in total. The van der Waals surface area contributed by atoms with Crippen molar-refractivity contribution in [1.29, 1.82) is 0 Å².